The molecule has 2 heterocycles. The number of fused-ring (bicyclic) bond motifs is 1. The number of primary amides is 1. The van der Waals surface area contributed by atoms with Crippen LogP contribution in [-0.2, 0) is 0 Å². The van der Waals surface area contributed by atoms with Crippen LogP contribution in [0.15, 0.2) is 60.3 Å². The van der Waals surface area contributed by atoms with Crippen LogP contribution in [0.3, 0.4) is 0 Å². The molecule has 3 aromatic rings. The maximum Gasteiger partial charge on any atom is 0.248 e. The van der Waals surface area contributed by atoms with E-state index in [-0.39, 0.29) is 5.91 Å². The molecule has 0 bridgehead atoms. The average Bonchev–Trinajstić information content (AvgIpc) is 2.69. The summed E-state index contributed by atoms with van der Waals surface area (Å²) in [5, 5.41) is 4.57. The third-order valence-electron chi connectivity index (χ3n) is 5.24. The molecule has 27 heavy (non-hydrogen) atoms. The van der Waals surface area contributed by atoms with Gasteiger partial charge < -0.3 is 11.1 Å². The molecule has 1 aromatic heterocycles. The average molecular weight is 357 g/mol. The van der Waals surface area contributed by atoms with E-state index in [1.807, 2.05) is 31.3 Å². The molecule has 2 aromatic carbocycles. The number of hydrogen-bond acceptors (Lipinski definition) is 3. The van der Waals surface area contributed by atoms with Crippen molar-refractivity contribution in [1.82, 2.24) is 10.3 Å². The van der Waals surface area contributed by atoms with E-state index in [4.69, 9.17) is 5.73 Å². The van der Waals surface area contributed by atoms with Crippen LogP contribution in [0.2, 0.25) is 0 Å². The summed E-state index contributed by atoms with van der Waals surface area (Å²) in [5.74, 6) is -0.387. The largest absolute Gasteiger partial charge is 0.366 e. The van der Waals surface area contributed by atoms with Crippen molar-refractivity contribution >= 4 is 22.4 Å². The molecule has 1 aliphatic rings. The molecule has 136 valence electrons. The van der Waals surface area contributed by atoms with Gasteiger partial charge in [-0.2, -0.15) is 0 Å². The van der Waals surface area contributed by atoms with Gasteiger partial charge in [-0.1, -0.05) is 42.0 Å². The van der Waals surface area contributed by atoms with Crippen molar-refractivity contribution in [2.24, 2.45) is 5.73 Å². The van der Waals surface area contributed by atoms with Crippen molar-refractivity contribution in [3.8, 4) is 0 Å². The second kappa shape index (κ2) is 7.33. The number of piperidine rings is 1. The second-order valence-corrected chi connectivity index (χ2v) is 7.00. The lowest BCUT2D eigenvalue weighted by atomic mass is 9.86. The van der Waals surface area contributed by atoms with Crippen LogP contribution in [0, 0.1) is 6.92 Å². The highest BCUT2D eigenvalue weighted by Crippen LogP contribution is 2.35. The number of aromatic nitrogens is 1. The van der Waals surface area contributed by atoms with Crippen molar-refractivity contribution in [3.05, 3.63) is 82.6 Å². The number of pyridine rings is 1. The Kier molecular flexibility index (Phi) is 4.73. The molecule has 3 N–H and O–H groups in total. The summed E-state index contributed by atoms with van der Waals surface area (Å²) < 4.78 is 0. The number of benzene rings is 2. The van der Waals surface area contributed by atoms with Crippen molar-refractivity contribution < 1.29 is 4.79 Å². The molecule has 0 radical (unpaired) electrons. The summed E-state index contributed by atoms with van der Waals surface area (Å²) in [5.41, 5.74) is 12.9. The smallest absolute Gasteiger partial charge is 0.248 e. The van der Waals surface area contributed by atoms with Gasteiger partial charge in [0.1, 0.15) is 0 Å². The number of para-hydroxylation sites is 1. The van der Waals surface area contributed by atoms with Gasteiger partial charge in [0.05, 0.1) is 5.52 Å². The highest BCUT2D eigenvalue weighted by molar-refractivity contribution is 5.98. The van der Waals surface area contributed by atoms with E-state index in [1.165, 1.54) is 11.1 Å². The molecule has 4 nitrogen and oxygen atoms in total. The van der Waals surface area contributed by atoms with Crippen LogP contribution in [0.1, 0.15) is 39.9 Å². The first-order valence-corrected chi connectivity index (χ1v) is 9.33. The van der Waals surface area contributed by atoms with E-state index >= 15 is 0 Å². The molecule has 4 rings (SSSR count). The van der Waals surface area contributed by atoms with Gasteiger partial charge in [-0.05, 0) is 61.7 Å². The SMILES string of the molecule is Cc1cc(C(=C2CCNCC2)c2cccc3cccnc23)ccc1C(N)=O. The summed E-state index contributed by atoms with van der Waals surface area (Å²) in [7, 11) is 0. The predicted octanol–water partition coefficient (Wildman–Crippen LogP) is 3.83. The Bertz CT molecular complexity index is 1040. The molecular formula is C23H23N3O. The first kappa shape index (κ1) is 17.4. The number of rotatable bonds is 3. The van der Waals surface area contributed by atoms with Crippen molar-refractivity contribution in [3.63, 3.8) is 0 Å². The van der Waals surface area contributed by atoms with E-state index in [9.17, 15) is 4.79 Å². The Morgan fingerprint density at radius 3 is 2.56 bits per heavy atom. The molecule has 0 atom stereocenters. The second-order valence-electron chi connectivity index (χ2n) is 7.00. The first-order chi connectivity index (χ1) is 13.1. The normalized spacial score (nSPS) is 14.3. The molecular weight excluding hydrogens is 334 g/mol. The van der Waals surface area contributed by atoms with Crippen LogP contribution >= 0.6 is 0 Å². The number of nitrogens with zero attached hydrogens (tertiary/aromatic N) is 1. The van der Waals surface area contributed by atoms with E-state index in [2.05, 4.69) is 40.6 Å². The number of nitrogens with two attached hydrogens (primary N) is 1. The predicted molar refractivity (Wildman–Crippen MR) is 110 cm³/mol. The summed E-state index contributed by atoms with van der Waals surface area (Å²) in [6, 6.07) is 16.3. The topological polar surface area (TPSA) is 68.0 Å². The fourth-order valence-electron chi connectivity index (χ4n) is 3.93. The fourth-order valence-corrected chi connectivity index (χ4v) is 3.93. The molecule has 1 fully saturated rings. The number of hydrogen-bond donors (Lipinski definition) is 2. The van der Waals surface area contributed by atoms with Gasteiger partial charge in [0.15, 0.2) is 0 Å². The van der Waals surface area contributed by atoms with Crippen molar-refractivity contribution in [2.45, 2.75) is 19.8 Å². The minimum atomic E-state index is -0.387. The number of nitrogens with one attached hydrogen (secondary N) is 1. The van der Waals surface area contributed by atoms with E-state index in [1.54, 1.807) is 0 Å². The molecule has 1 saturated heterocycles. The lowest BCUT2D eigenvalue weighted by Gasteiger charge is -2.22. The van der Waals surface area contributed by atoms with Crippen LogP contribution in [-0.4, -0.2) is 24.0 Å². The van der Waals surface area contributed by atoms with Crippen LogP contribution < -0.4 is 11.1 Å². The highest BCUT2D eigenvalue weighted by atomic mass is 16.1. The molecule has 0 unspecified atom stereocenters. The lowest BCUT2D eigenvalue weighted by Crippen LogP contribution is -2.24. The van der Waals surface area contributed by atoms with Crippen molar-refractivity contribution in [1.29, 1.82) is 0 Å². The molecule has 0 spiro atoms. The van der Waals surface area contributed by atoms with Gasteiger partial charge in [-0.15, -0.1) is 0 Å². The summed E-state index contributed by atoms with van der Waals surface area (Å²) in [6.07, 6.45) is 3.86. The zero-order chi connectivity index (χ0) is 18.8. The van der Waals surface area contributed by atoms with Gasteiger partial charge in [0.2, 0.25) is 5.91 Å². The van der Waals surface area contributed by atoms with Gasteiger partial charge in [-0.3, -0.25) is 9.78 Å². The fraction of sp³-hybridized carbons (Fsp3) is 0.217. The van der Waals surface area contributed by atoms with Gasteiger partial charge in [-0.25, -0.2) is 0 Å². The third kappa shape index (κ3) is 3.36. The Labute approximate surface area is 159 Å². The highest BCUT2D eigenvalue weighted by Gasteiger charge is 2.18. The Balaban J connectivity index is 1.96. The Morgan fingerprint density at radius 2 is 1.81 bits per heavy atom. The monoisotopic (exact) mass is 357 g/mol. The van der Waals surface area contributed by atoms with E-state index in [0.29, 0.717) is 5.56 Å². The van der Waals surface area contributed by atoms with Gasteiger partial charge in [0, 0.05) is 22.7 Å². The maximum absolute atomic E-state index is 11.6. The molecule has 4 heteroatoms. The Morgan fingerprint density at radius 1 is 1.04 bits per heavy atom. The number of aryl methyl sites for hydroxylation is 1. The zero-order valence-corrected chi connectivity index (χ0v) is 15.5. The van der Waals surface area contributed by atoms with Crippen LogP contribution in [0.5, 0.6) is 0 Å². The Hall–Kier alpha value is -2.98. The number of carbonyl (C=O) groups excluding carboxylic acids is 1. The van der Waals surface area contributed by atoms with E-state index < -0.39 is 0 Å². The molecule has 0 saturated carbocycles. The van der Waals surface area contributed by atoms with Gasteiger partial charge >= 0.3 is 0 Å². The summed E-state index contributed by atoms with van der Waals surface area (Å²) >= 11 is 0. The van der Waals surface area contributed by atoms with Crippen LogP contribution in [0.4, 0.5) is 0 Å². The minimum absolute atomic E-state index is 0.387. The molecule has 1 amide bonds. The quantitative estimate of drug-likeness (QED) is 0.749. The minimum Gasteiger partial charge on any atom is -0.366 e. The summed E-state index contributed by atoms with van der Waals surface area (Å²) in [4.78, 5) is 16.3. The van der Waals surface area contributed by atoms with Crippen molar-refractivity contribution in [2.75, 3.05) is 13.1 Å². The lowest BCUT2D eigenvalue weighted by molar-refractivity contribution is 0.0999. The maximum atomic E-state index is 11.6. The summed E-state index contributed by atoms with van der Waals surface area (Å²) in [6.45, 7) is 3.90. The third-order valence-corrected chi connectivity index (χ3v) is 5.24. The van der Waals surface area contributed by atoms with E-state index in [0.717, 1.165) is 53.5 Å². The van der Waals surface area contributed by atoms with Gasteiger partial charge in [0.25, 0.3) is 0 Å². The number of amides is 1. The molecule has 0 aliphatic carbocycles. The van der Waals surface area contributed by atoms with Crippen LogP contribution in [0.25, 0.3) is 16.5 Å². The first-order valence-electron chi connectivity index (χ1n) is 9.33. The zero-order valence-electron chi connectivity index (χ0n) is 15.5. The number of carbonyl (C=O) groups is 1. The standard InChI is InChI=1S/C23H23N3O/c1-15-14-18(7-8-19(15)23(24)27)21(16-9-12-25-13-10-16)20-6-2-4-17-5-3-11-26-22(17)20/h2-8,11,14,25H,9-10,12-13H2,1H3,(H2,24,27). The molecule has 1 aliphatic heterocycles.